The van der Waals surface area contributed by atoms with E-state index >= 15 is 0 Å². The van der Waals surface area contributed by atoms with E-state index in [1.165, 1.54) is 39.0 Å². The van der Waals surface area contributed by atoms with Crippen molar-refractivity contribution in [1.29, 1.82) is 0 Å². The maximum absolute atomic E-state index is 9.01. The number of aliphatic hydroxyl groups excluding tert-OH is 1. The van der Waals surface area contributed by atoms with Gasteiger partial charge in [-0.15, -0.1) is 0 Å². The highest BCUT2D eigenvalue weighted by atomic mass is 16.3. The molecule has 0 aromatic carbocycles. The number of nitrogens with zero attached hydrogens (tertiary/aromatic N) is 2. The summed E-state index contributed by atoms with van der Waals surface area (Å²) in [4.78, 5) is 4.91. The fourth-order valence-electron chi connectivity index (χ4n) is 2.18. The zero-order valence-corrected chi connectivity index (χ0v) is 9.58. The van der Waals surface area contributed by atoms with E-state index in [9.17, 15) is 0 Å². The molecule has 1 unspecified atom stereocenters. The van der Waals surface area contributed by atoms with Gasteiger partial charge in [-0.1, -0.05) is 13.3 Å². The van der Waals surface area contributed by atoms with E-state index in [-0.39, 0.29) is 0 Å². The van der Waals surface area contributed by atoms with Gasteiger partial charge in [0, 0.05) is 38.8 Å². The Bertz CT molecular complexity index is 138. The molecule has 1 aliphatic heterocycles. The Morgan fingerprint density at radius 3 is 2.29 bits per heavy atom. The Hall–Kier alpha value is -0.120. The third kappa shape index (κ3) is 3.56. The van der Waals surface area contributed by atoms with Crippen LogP contribution in [0, 0.1) is 0 Å². The summed E-state index contributed by atoms with van der Waals surface area (Å²) in [6.07, 6.45) is 3.39. The number of aliphatic hydroxyl groups is 1. The monoisotopic (exact) mass is 200 g/mol. The van der Waals surface area contributed by atoms with E-state index in [0.29, 0.717) is 12.6 Å². The molecule has 84 valence electrons. The molecule has 0 aromatic rings. The second kappa shape index (κ2) is 6.38. The predicted molar refractivity (Wildman–Crippen MR) is 59.5 cm³/mol. The van der Waals surface area contributed by atoms with Crippen LogP contribution in [0.5, 0.6) is 0 Å². The molecule has 1 aliphatic rings. The normalized spacial score (nSPS) is 22.5. The maximum Gasteiger partial charge on any atom is 0.0445 e. The summed E-state index contributed by atoms with van der Waals surface area (Å²) in [6, 6.07) is 0.610. The van der Waals surface area contributed by atoms with E-state index in [1.807, 2.05) is 0 Å². The van der Waals surface area contributed by atoms with Gasteiger partial charge in [0.25, 0.3) is 0 Å². The lowest BCUT2D eigenvalue weighted by Crippen LogP contribution is -2.49. The van der Waals surface area contributed by atoms with Gasteiger partial charge in [-0.05, 0) is 19.9 Å². The molecule has 0 bridgehead atoms. The quantitative estimate of drug-likeness (QED) is 0.710. The molecular weight excluding hydrogens is 176 g/mol. The van der Waals surface area contributed by atoms with Gasteiger partial charge in [-0.2, -0.15) is 0 Å². The molecule has 1 fully saturated rings. The fourth-order valence-corrected chi connectivity index (χ4v) is 2.18. The number of rotatable bonds is 5. The summed E-state index contributed by atoms with van der Waals surface area (Å²) < 4.78 is 0. The second-order valence-electron chi connectivity index (χ2n) is 4.29. The second-order valence-corrected chi connectivity index (χ2v) is 4.29. The first-order valence-electron chi connectivity index (χ1n) is 5.81. The van der Waals surface area contributed by atoms with E-state index in [1.54, 1.807) is 0 Å². The molecule has 0 amide bonds. The fraction of sp³-hybridized carbons (Fsp3) is 1.00. The average molecular weight is 200 g/mol. The van der Waals surface area contributed by atoms with Crippen molar-refractivity contribution in [2.24, 2.45) is 0 Å². The molecular formula is C11H24N2O. The lowest BCUT2D eigenvalue weighted by molar-refractivity contribution is 0.0902. The first-order chi connectivity index (χ1) is 6.77. The lowest BCUT2D eigenvalue weighted by atomic mass is 10.1. The SMILES string of the molecule is CCCC(CCO)N1CCN(C)CC1. The molecule has 14 heavy (non-hydrogen) atoms. The van der Waals surface area contributed by atoms with Crippen LogP contribution in [0.1, 0.15) is 26.2 Å². The summed E-state index contributed by atoms with van der Waals surface area (Å²) in [7, 11) is 2.18. The van der Waals surface area contributed by atoms with Crippen molar-refractivity contribution in [2.75, 3.05) is 39.8 Å². The number of likely N-dealkylation sites (N-methyl/N-ethyl adjacent to an activating group) is 1. The summed E-state index contributed by atoms with van der Waals surface area (Å²) in [5.74, 6) is 0. The lowest BCUT2D eigenvalue weighted by Gasteiger charge is -2.37. The van der Waals surface area contributed by atoms with Gasteiger partial charge >= 0.3 is 0 Å². The minimum absolute atomic E-state index is 0.330. The molecule has 1 N–H and O–H groups in total. The first kappa shape index (κ1) is 12.0. The maximum atomic E-state index is 9.01. The molecule has 1 rings (SSSR count). The van der Waals surface area contributed by atoms with Crippen LogP contribution in [0.2, 0.25) is 0 Å². The van der Waals surface area contributed by atoms with E-state index in [4.69, 9.17) is 5.11 Å². The Balaban J connectivity index is 2.34. The molecule has 1 atom stereocenters. The van der Waals surface area contributed by atoms with Gasteiger partial charge in [0.2, 0.25) is 0 Å². The smallest absolute Gasteiger partial charge is 0.0445 e. The molecule has 3 nitrogen and oxygen atoms in total. The Labute approximate surface area is 87.7 Å². The van der Waals surface area contributed by atoms with Crippen molar-refractivity contribution < 1.29 is 5.11 Å². The zero-order chi connectivity index (χ0) is 10.4. The van der Waals surface area contributed by atoms with Crippen LogP contribution in [-0.2, 0) is 0 Å². The average Bonchev–Trinajstić information content (AvgIpc) is 2.19. The number of hydrogen-bond donors (Lipinski definition) is 1. The van der Waals surface area contributed by atoms with Crippen molar-refractivity contribution >= 4 is 0 Å². The third-order valence-electron chi connectivity index (χ3n) is 3.14. The van der Waals surface area contributed by atoms with E-state index in [0.717, 1.165) is 6.42 Å². The van der Waals surface area contributed by atoms with Crippen LogP contribution in [0.3, 0.4) is 0 Å². The summed E-state index contributed by atoms with van der Waals surface area (Å²) in [6.45, 7) is 7.23. The van der Waals surface area contributed by atoms with Gasteiger partial charge in [0.15, 0.2) is 0 Å². The molecule has 0 saturated carbocycles. The van der Waals surface area contributed by atoms with Crippen LogP contribution >= 0.6 is 0 Å². The predicted octanol–water partition coefficient (Wildman–Crippen LogP) is 0.785. The van der Waals surface area contributed by atoms with Crippen LogP contribution < -0.4 is 0 Å². The van der Waals surface area contributed by atoms with Crippen molar-refractivity contribution in [2.45, 2.75) is 32.2 Å². The summed E-state index contributed by atoms with van der Waals surface area (Å²) in [5.41, 5.74) is 0. The Kier molecular flexibility index (Phi) is 5.45. The molecule has 3 heteroatoms. The highest BCUT2D eigenvalue weighted by Gasteiger charge is 2.20. The molecule has 1 saturated heterocycles. The summed E-state index contributed by atoms with van der Waals surface area (Å²) >= 11 is 0. The standard InChI is InChI=1S/C11H24N2O/c1-3-4-11(5-10-14)13-8-6-12(2)7-9-13/h11,14H,3-10H2,1-2H3. The molecule has 0 aliphatic carbocycles. The van der Waals surface area contributed by atoms with E-state index in [2.05, 4.69) is 23.8 Å². The number of piperazine rings is 1. The summed E-state index contributed by atoms with van der Waals surface area (Å²) in [5, 5.41) is 9.01. The molecule has 1 heterocycles. The topological polar surface area (TPSA) is 26.7 Å². The Morgan fingerprint density at radius 1 is 1.14 bits per heavy atom. The van der Waals surface area contributed by atoms with Crippen LogP contribution in [0.15, 0.2) is 0 Å². The minimum atomic E-state index is 0.330. The van der Waals surface area contributed by atoms with Gasteiger partial charge < -0.3 is 10.0 Å². The van der Waals surface area contributed by atoms with Gasteiger partial charge in [0.1, 0.15) is 0 Å². The van der Waals surface area contributed by atoms with E-state index < -0.39 is 0 Å². The van der Waals surface area contributed by atoms with Gasteiger partial charge in [-0.3, -0.25) is 4.90 Å². The van der Waals surface area contributed by atoms with Crippen LogP contribution in [-0.4, -0.2) is 60.8 Å². The first-order valence-corrected chi connectivity index (χ1v) is 5.81. The molecule has 0 aromatic heterocycles. The van der Waals surface area contributed by atoms with Crippen molar-refractivity contribution in [3.8, 4) is 0 Å². The largest absolute Gasteiger partial charge is 0.396 e. The minimum Gasteiger partial charge on any atom is -0.396 e. The van der Waals surface area contributed by atoms with Crippen molar-refractivity contribution in [3.63, 3.8) is 0 Å². The highest BCUT2D eigenvalue weighted by molar-refractivity contribution is 4.76. The number of hydrogen-bond acceptors (Lipinski definition) is 3. The van der Waals surface area contributed by atoms with Crippen molar-refractivity contribution in [3.05, 3.63) is 0 Å². The van der Waals surface area contributed by atoms with Gasteiger partial charge in [-0.25, -0.2) is 0 Å². The Morgan fingerprint density at radius 2 is 1.79 bits per heavy atom. The van der Waals surface area contributed by atoms with Crippen LogP contribution in [0.4, 0.5) is 0 Å². The third-order valence-corrected chi connectivity index (χ3v) is 3.14. The zero-order valence-electron chi connectivity index (χ0n) is 9.58. The van der Waals surface area contributed by atoms with Crippen LogP contribution in [0.25, 0.3) is 0 Å². The highest BCUT2D eigenvalue weighted by Crippen LogP contribution is 2.13. The molecule has 0 spiro atoms. The van der Waals surface area contributed by atoms with Gasteiger partial charge in [0.05, 0.1) is 0 Å². The van der Waals surface area contributed by atoms with Crippen molar-refractivity contribution in [1.82, 2.24) is 9.80 Å². The molecule has 0 radical (unpaired) electrons.